The largest absolute Gasteiger partial charge is 0.380 e. The maximum Gasteiger partial charge on any atom is 0.271 e. The van der Waals surface area contributed by atoms with Crippen molar-refractivity contribution in [1.29, 1.82) is 0 Å². The molecule has 0 saturated carbocycles. The normalized spacial score (nSPS) is 10.7. The van der Waals surface area contributed by atoms with Crippen LogP contribution in [0, 0.1) is 10.1 Å². The van der Waals surface area contributed by atoms with Gasteiger partial charge in [0, 0.05) is 24.2 Å². The fourth-order valence-corrected chi connectivity index (χ4v) is 2.48. The SMILES string of the molecule is C[NH+](C)Cc1ccccc1CNc1ccc([N+](=O)[O-])cc1Cl. The van der Waals surface area contributed by atoms with Crippen LogP contribution in [-0.4, -0.2) is 19.0 Å². The predicted molar refractivity (Wildman–Crippen MR) is 88.4 cm³/mol. The molecule has 0 aliphatic rings. The molecule has 116 valence electrons. The second-order valence-corrected chi connectivity index (χ2v) is 5.83. The zero-order valence-corrected chi connectivity index (χ0v) is 13.4. The molecule has 0 radical (unpaired) electrons. The second-order valence-electron chi connectivity index (χ2n) is 5.43. The van der Waals surface area contributed by atoms with Crippen LogP contribution in [-0.2, 0) is 13.1 Å². The number of quaternary nitrogens is 1. The number of nitrogens with zero attached hydrogens (tertiary/aromatic N) is 1. The van der Waals surface area contributed by atoms with Crippen molar-refractivity contribution in [2.75, 3.05) is 19.4 Å². The molecular weight excluding hydrogens is 302 g/mol. The summed E-state index contributed by atoms with van der Waals surface area (Å²) in [6.07, 6.45) is 0. The first-order chi connectivity index (χ1) is 10.5. The van der Waals surface area contributed by atoms with E-state index in [1.54, 1.807) is 6.07 Å². The molecule has 0 amide bonds. The molecule has 0 fully saturated rings. The first-order valence-electron chi connectivity index (χ1n) is 7.01. The molecule has 0 unspecified atom stereocenters. The van der Waals surface area contributed by atoms with E-state index in [9.17, 15) is 10.1 Å². The Bertz CT molecular complexity index is 674. The van der Waals surface area contributed by atoms with Crippen LogP contribution < -0.4 is 10.2 Å². The average molecular weight is 321 g/mol. The van der Waals surface area contributed by atoms with Gasteiger partial charge in [-0.3, -0.25) is 10.1 Å². The quantitative estimate of drug-likeness (QED) is 0.635. The van der Waals surface area contributed by atoms with Gasteiger partial charge in [0.25, 0.3) is 5.69 Å². The number of hydrogen-bond donors (Lipinski definition) is 2. The summed E-state index contributed by atoms with van der Waals surface area (Å²) in [7, 11) is 4.22. The minimum Gasteiger partial charge on any atom is -0.380 e. The van der Waals surface area contributed by atoms with Gasteiger partial charge in [0.2, 0.25) is 0 Å². The monoisotopic (exact) mass is 320 g/mol. The number of nitro groups is 1. The molecule has 2 rings (SSSR count). The molecule has 6 heteroatoms. The summed E-state index contributed by atoms with van der Waals surface area (Å²) < 4.78 is 0. The maximum atomic E-state index is 10.7. The third-order valence-electron chi connectivity index (χ3n) is 3.30. The van der Waals surface area contributed by atoms with Crippen LogP contribution in [0.1, 0.15) is 11.1 Å². The highest BCUT2D eigenvalue weighted by Gasteiger charge is 2.10. The van der Waals surface area contributed by atoms with Gasteiger partial charge in [-0.25, -0.2) is 0 Å². The smallest absolute Gasteiger partial charge is 0.271 e. The second kappa shape index (κ2) is 7.24. The van der Waals surface area contributed by atoms with Gasteiger partial charge in [-0.2, -0.15) is 0 Å². The number of hydrogen-bond acceptors (Lipinski definition) is 3. The highest BCUT2D eigenvalue weighted by molar-refractivity contribution is 6.33. The Morgan fingerprint density at radius 1 is 1.18 bits per heavy atom. The van der Waals surface area contributed by atoms with Gasteiger partial charge in [-0.15, -0.1) is 0 Å². The maximum absolute atomic E-state index is 10.7. The molecule has 0 atom stereocenters. The van der Waals surface area contributed by atoms with E-state index in [0.717, 1.165) is 6.54 Å². The molecule has 0 saturated heterocycles. The third kappa shape index (κ3) is 4.19. The first kappa shape index (κ1) is 16.3. The Balaban J connectivity index is 2.12. The fraction of sp³-hybridized carbons (Fsp3) is 0.250. The number of halogens is 1. The Morgan fingerprint density at radius 3 is 2.45 bits per heavy atom. The van der Waals surface area contributed by atoms with E-state index in [1.165, 1.54) is 28.2 Å². The third-order valence-corrected chi connectivity index (χ3v) is 3.61. The van der Waals surface area contributed by atoms with E-state index in [-0.39, 0.29) is 5.69 Å². The molecular formula is C16H19ClN3O2+. The van der Waals surface area contributed by atoms with E-state index >= 15 is 0 Å². The van der Waals surface area contributed by atoms with E-state index in [2.05, 4.69) is 31.5 Å². The lowest BCUT2D eigenvalue weighted by Crippen LogP contribution is -3.04. The Kier molecular flexibility index (Phi) is 5.35. The molecule has 0 heterocycles. The molecule has 2 aromatic carbocycles. The number of benzene rings is 2. The van der Waals surface area contributed by atoms with Crippen LogP contribution in [0.3, 0.4) is 0 Å². The average Bonchev–Trinajstić information content (AvgIpc) is 2.46. The van der Waals surface area contributed by atoms with Crippen LogP contribution in [0.15, 0.2) is 42.5 Å². The Hall–Kier alpha value is -2.11. The number of nitrogens with one attached hydrogen (secondary N) is 2. The molecule has 2 N–H and O–H groups in total. The minimum atomic E-state index is -0.454. The van der Waals surface area contributed by atoms with Gasteiger partial charge in [-0.05, 0) is 11.6 Å². The van der Waals surface area contributed by atoms with Gasteiger partial charge in [0.05, 0.1) is 29.7 Å². The summed E-state index contributed by atoms with van der Waals surface area (Å²) in [5.41, 5.74) is 3.15. The van der Waals surface area contributed by atoms with E-state index in [0.29, 0.717) is 17.3 Å². The van der Waals surface area contributed by atoms with Gasteiger partial charge in [-0.1, -0.05) is 35.9 Å². The van der Waals surface area contributed by atoms with E-state index < -0.39 is 4.92 Å². The van der Waals surface area contributed by atoms with Crippen LogP contribution in [0.4, 0.5) is 11.4 Å². The van der Waals surface area contributed by atoms with Crippen molar-refractivity contribution in [3.8, 4) is 0 Å². The molecule has 0 aliphatic heterocycles. The van der Waals surface area contributed by atoms with Crippen LogP contribution in [0.5, 0.6) is 0 Å². The minimum absolute atomic E-state index is 0.00726. The van der Waals surface area contributed by atoms with Gasteiger partial charge < -0.3 is 10.2 Å². The molecule has 0 aromatic heterocycles. The lowest BCUT2D eigenvalue weighted by atomic mass is 10.1. The summed E-state index contributed by atoms with van der Waals surface area (Å²) in [5.74, 6) is 0. The van der Waals surface area contributed by atoms with Crippen molar-refractivity contribution in [1.82, 2.24) is 0 Å². The molecule has 2 aromatic rings. The highest BCUT2D eigenvalue weighted by atomic mass is 35.5. The Morgan fingerprint density at radius 2 is 1.86 bits per heavy atom. The van der Waals surface area contributed by atoms with E-state index in [4.69, 9.17) is 11.6 Å². The Labute approximate surface area is 134 Å². The van der Waals surface area contributed by atoms with Gasteiger partial charge >= 0.3 is 0 Å². The molecule has 0 aliphatic carbocycles. The molecule has 22 heavy (non-hydrogen) atoms. The summed E-state index contributed by atoms with van der Waals surface area (Å²) in [5, 5.41) is 14.3. The van der Waals surface area contributed by atoms with Crippen LogP contribution >= 0.6 is 11.6 Å². The standard InChI is InChI=1S/C16H18ClN3O2/c1-19(2)11-13-6-4-3-5-12(13)10-18-16-8-7-14(20(21)22)9-15(16)17/h3-9,18H,10-11H2,1-2H3/p+1. The van der Waals surface area contributed by atoms with Crippen molar-refractivity contribution in [3.63, 3.8) is 0 Å². The molecule has 0 spiro atoms. The molecule has 0 bridgehead atoms. The van der Waals surface area contributed by atoms with Gasteiger partial charge in [0.15, 0.2) is 0 Å². The predicted octanol–water partition coefficient (Wildman–Crippen LogP) is 2.50. The zero-order chi connectivity index (χ0) is 16.1. The fourth-order valence-electron chi connectivity index (χ4n) is 2.23. The topological polar surface area (TPSA) is 59.6 Å². The van der Waals surface area contributed by atoms with Gasteiger partial charge in [0.1, 0.15) is 6.54 Å². The van der Waals surface area contributed by atoms with Crippen molar-refractivity contribution in [3.05, 3.63) is 68.7 Å². The van der Waals surface area contributed by atoms with Crippen LogP contribution in [0.25, 0.3) is 0 Å². The lowest BCUT2D eigenvalue weighted by molar-refractivity contribution is -0.872. The number of non-ortho nitro benzene ring substituents is 1. The summed E-state index contributed by atoms with van der Waals surface area (Å²) in [4.78, 5) is 11.6. The summed E-state index contributed by atoms with van der Waals surface area (Å²) in [6.45, 7) is 1.56. The number of anilines is 1. The summed E-state index contributed by atoms with van der Waals surface area (Å²) in [6, 6.07) is 12.7. The molecule has 5 nitrogen and oxygen atoms in total. The van der Waals surface area contributed by atoms with Crippen molar-refractivity contribution in [2.45, 2.75) is 13.1 Å². The zero-order valence-electron chi connectivity index (χ0n) is 12.6. The highest BCUT2D eigenvalue weighted by Crippen LogP contribution is 2.27. The number of rotatable bonds is 6. The van der Waals surface area contributed by atoms with Crippen molar-refractivity contribution in [2.24, 2.45) is 0 Å². The van der Waals surface area contributed by atoms with E-state index in [1.807, 2.05) is 12.1 Å². The lowest BCUT2D eigenvalue weighted by Gasteiger charge is -2.14. The van der Waals surface area contributed by atoms with Crippen molar-refractivity contribution < 1.29 is 9.82 Å². The van der Waals surface area contributed by atoms with Crippen LogP contribution in [0.2, 0.25) is 5.02 Å². The first-order valence-corrected chi connectivity index (χ1v) is 7.39. The van der Waals surface area contributed by atoms with Crippen molar-refractivity contribution >= 4 is 23.0 Å². The number of nitro benzene ring substituents is 1. The summed E-state index contributed by atoms with van der Waals surface area (Å²) >= 11 is 6.09.